The lowest BCUT2D eigenvalue weighted by Gasteiger charge is -2.46. The number of rotatable bonds is 19. The summed E-state index contributed by atoms with van der Waals surface area (Å²) in [6.07, 6.45) is -0.357. The molecule has 0 amide bonds. The van der Waals surface area contributed by atoms with Gasteiger partial charge in [-0.1, -0.05) is 32.9 Å². The van der Waals surface area contributed by atoms with Crippen LogP contribution in [-0.2, 0) is 33.2 Å². The summed E-state index contributed by atoms with van der Waals surface area (Å²) in [6.45, 7) is 18.5. The highest BCUT2D eigenvalue weighted by Crippen LogP contribution is 2.33. The van der Waals surface area contributed by atoms with Crippen molar-refractivity contribution in [2.45, 2.75) is 61.7 Å². The van der Waals surface area contributed by atoms with Gasteiger partial charge in [0.25, 0.3) is 0 Å². The van der Waals surface area contributed by atoms with Gasteiger partial charge in [0, 0.05) is 6.42 Å². The molecule has 0 bridgehead atoms. The summed E-state index contributed by atoms with van der Waals surface area (Å²) < 4.78 is 39.2. The predicted molar refractivity (Wildman–Crippen MR) is 124 cm³/mol. The zero-order valence-corrected chi connectivity index (χ0v) is 19.7. The fraction of sp³-hybridized carbons (Fsp3) is 0.583. The van der Waals surface area contributed by atoms with Gasteiger partial charge < -0.3 is 48.5 Å². The van der Waals surface area contributed by atoms with Crippen LogP contribution < -0.4 is 0 Å². The largest absolute Gasteiger partial charge is 0.499 e. The molecule has 0 saturated carbocycles. The van der Waals surface area contributed by atoms with Gasteiger partial charge in [-0.05, 0) is 6.92 Å². The van der Waals surface area contributed by atoms with Gasteiger partial charge in [0.2, 0.25) is 0 Å². The molecule has 1 aliphatic heterocycles. The first-order valence-electron chi connectivity index (χ1n) is 10.8. The van der Waals surface area contributed by atoms with E-state index >= 15 is 0 Å². The quantitative estimate of drug-likeness (QED) is 0.232. The smallest absolute Gasteiger partial charge is 0.157 e. The molecule has 0 radical (unpaired) electrons. The summed E-state index contributed by atoms with van der Waals surface area (Å²) in [4.78, 5) is 0. The van der Waals surface area contributed by atoms with Gasteiger partial charge in [-0.2, -0.15) is 0 Å². The van der Waals surface area contributed by atoms with Crippen LogP contribution in [0.5, 0.6) is 0 Å². The summed E-state index contributed by atoms with van der Waals surface area (Å²) in [5.41, 5.74) is -1.40. The minimum absolute atomic E-state index is 0.0182. The van der Waals surface area contributed by atoms with Gasteiger partial charge >= 0.3 is 0 Å². The third-order valence-electron chi connectivity index (χ3n) is 5.28. The minimum Gasteiger partial charge on any atom is -0.499 e. The monoisotopic (exact) mass is 486 g/mol. The number of ether oxygens (including phenoxy) is 7. The Morgan fingerprint density at radius 3 is 2.00 bits per heavy atom. The fourth-order valence-corrected chi connectivity index (χ4v) is 3.65. The molecule has 0 aromatic carbocycles. The van der Waals surface area contributed by atoms with E-state index in [0.29, 0.717) is 0 Å². The van der Waals surface area contributed by atoms with E-state index in [1.54, 1.807) is 0 Å². The molecule has 10 heteroatoms. The zero-order chi connectivity index (χ0) is 25.6. The number of aliphatic hydroxyl groups is 3. The molecule has 1 rings (SSSR count). The molecule has 1 aliphatic rings. The number of hydrogen-bond donors (Lipinski definition) is 3. The second-order valence-corrected chi connectivity index (χ2v) is 7.66. The molecule has 0 aromatic rings. The van der Waals surface area contributed by atoms with Crippen molar-refractivity contribution >= 4 is 0 Å². The third kappa shape index (κ3) is 8.37. The Kier molecular flexibility index (Phi) is 13.4. The number of hydrogen-bond acceptors (Lipinski definition) is 10. The van der Waals surface area contributed by atoms with Crippen LogP contribution in [-0.4, -0.2) is 90.1 Å². The minimum atomic E-state index is -1.40. The molecular weight excluding hydrogens is 448 g/mol. The Hall–Kier alpha value is -2.50. The molecule has 1 fully saturated rings. The predicted octanol–water partition coefficient (Wildman–Crippen LogP) is 1.54. The van der Waals surface area contributed by atoms with E-state index in [9.17, 15) is 15.3 Å². The summed E-state index contributed by atoms with van der Waals surface area (Å²) >= 11 is 0. The first-order chi connectivity index (χ1) is 16.3. The highest BCUT2D eigenvalue weighted by molar-refractivity contribution is 5.00. The van der Waals surface area contributed by atoms with Crippen molar-refractivity contribution in [1.82, 2.24) is 0 Å². The van der Waals surface area contributed by atoms with Crippen molar-refractivity contribution in [1.29, 1.82) is 0 Å². The molecule has 10 nitrogen and oxygen atoms in total. The second-order valence-electron chi connectivity index (χ2n) is 7.66. The maximum absolute atomic E-state index is 11.0. The Balaban J connectivity index is 3.30. The van der Waals surface area contributed by atoms with Crippen molar-refractivity contribution in [3.8, 4) is 0 Å². The van der Waals surface area contributed by atoms with Crippen LogP contribution in [0.2, 0.25) is 0 Å². The van der Waals surface area contributed by atoms with Crippen LogP contribution >= 0.6 is 0 Å². The topological polar surface area (TPSA) is 125 Å². The van der Waals surface area contributed by atoms with Gasteiger partial charge in [-0.3, -0.25) is 0 Å². The molecule has 1 heterocycles. The molecule has 3 N–H and O–H groups in total. The number of aliphatic hydroxyl groups excluding tert-OH is 3. The Morgan fingerprint density at radius 1 is 0.912 bits per heavy atom. The van der Waals surface area contributed by atoms with Gasteiger partial charge in [0.05, 0.1) is 44.0 Å². The fourth-order valence-electron chi connectivity index (χ4n) is 3.65. The lowest BCUT2D eigenvalue weighted by Crippen LogP contribution is -2.62. The summed E-state index contributed by atoms with van der Waals surface area (Å²) in [5.74, 6) is 0. The van der Waals surface area contributed by atoms with Crippen LogP contribution in [0.25, 0.3) is 0 Å². The molecule has 0 aliphatic carbocycles. The van der Waals surface area contributed by atoms with Gasteiger partial charge in [0.15, 0.2) is 12.2 Å². The zero-order valence-electron chi connectivity index (χ0n) is 19.7. The van der Waals surface area contributed by atoms with E-state index in [0.717, 1.165) is 0 Å². The van der Waals surface area contributed by atoms with E-state index < -0.39 is 54.9 Å². The first-order valence-corrected chi connectivity index (χ1v) is 10.8. The SMILES string of the molecule is C=COCC(OC(CO)(COC=C)CC1OC(COC=C)C(OC=C)C(O)C1OC=C)C(C)O. The van der Waals surface area contributed by atoms with E-state index in [-0.39, 0.29) is 26.2 Å². The molecule has 194 valence electrons. The highest BCUT2D eigenvalue weighted by Gasteiger charge is 2.51. The van der Waals surface area contributed by atoms with Gasteiger partial charge in [0.1, 0.15) is 49.8 Å². The average molecular weight is 487 g/mol. The van der Waals surface area contributed by atoms with Crippen molar-refractivity contribution < 1.29 is 48.5 Å². The van der Waals surface area contributed by atoms with E-state index in [1.807, 2.05) is 0 Å². The molecule has 1 saturated heterocycles. The van der Waals surface area contributed by atoms with E-state index in [2.05, 4.69) is 32.9 Å². The molecular formula is C24H38O10. The van der Waals surface area contributed by atoms with E-state index in [1.165, 1.54) is 38.2 Å². The van der Waals surface area contributed by atoms with Gasteiger partial charge in [-0.15, -0.1) is 0 Å². The lowest BCUT2D eigenvalue weighted by molar-refractivity contribution is -0.256. The molecule has 0 spiro atoms. The Morgan fingerprint density at radius 2 is 1.50 bits per heavy atom. The lowest BCUT2D eigenvalue weighted by atomic mass is 9.87. The summed E-state index contributed by atoms with van der Waals surface area (Å²) in [6, 6.07) is 0. The standard InChI is InChI=1S/C24H38O10/c1-7-28-13-19(17(6)26)34-24(15-25,16-30-9-3)12-18-22(31-10-4)21(27)23(32-11-5)20(33-18)14-29-8-2/h7-11,17-23,25-27H,1-5,12-16H2,6H3. The van der Waals surface area contributed by atoms with Crippen LogP contribution in [0.4, 0.5) is 0 Å². The maximum atomic E-state index is 11.0. The van der Waals surface area contributed by atoms with Crippen LogP contribution in [0.3, 0.4) is 0 Å². The second kappa shape index (κ2) is 15.4. The molecule has 8 atom stereocenters. The Bertz CT molecular complexity index is 637. The van der Waals surface area contributed by atoms with Crippen molar-refractivity contribution in [2.24, 2.45) is 0 Å². The molecule has 8 unspecified atom stereocenters. The summed E-state index contributed by atoms with van der Waals surface area (Å²) in [7, 11) is 0. The molecule has 0 aromatic heterocycles. The van der Waals surface area contributed by atoms with Crippen LogP contribution in [0.1, 0.15) is 13.3 Å². The normalized spacial score (nSPS) is 27.7. The van der Waals surface area contributed by atoms with Crippen molar-refractivity contribution in [3.63, 3.8) is 0 Å². The third-order valence-corrected chi connectivity index (χ3v) is 5.28. The van der Waals surface area contributed by atoms with Crippen LogP contribution in [0, 0.1) is 0 Å². The van der Waals surface area contributed by atoms with Crippen molar-refractivity contribution in [2.75, 3.05) is 26.4 Å². The average Bonchev–Trinajstić information content (AvgIpc) is 2.82. The summed E-state index contributed by atoms with van der Waals surface area (Å²) in [5, 5.41) is 31.6. The van der Waals surface area contributed by atoms with Gasteiger partial charge in [-0.25, -0.2) is 0 Å². The first kappa shape index (κ1) is 29.5. The van der Waals surface area contributed by atoms with Crippen molar-refractivity contribution in [3.05, 3.63) is 64.2 Å². The Labute approximate surface area is 201 Å². The van der Waals surface area contributed by atoms with Crippen LogP contribution in [0.15, 0.2) is 64.2 Å². The highest BCUT2D eigenvalue weighted by atomic mass is 16.6. The maximum Gasteiger partial charge on any atom is 0.157 e. The van der Waals surface area contributed by atoms with E-state index in [4.69, 9.17) is 33.2 Å². The molecule has 34 heavy (non-hydrogen) atoms.